The largest absolute Gasteiger partial charge is 0.382 e. The molecular weight excluding hydrogens is 294 g/mol. The van der Waals surface area contributed by atoms with Crippen LogP contribution in [-0.4, -0.2) is 51.2 Å². The van der Waals surface area contributed by atoms with Gasteiger partial charge in [0.15, 0.2) is 11.6 Å². The van der Waals surface area contributed by atoms with Crippen LogP contribution < -0.4 is 10.6 Å². The van der Waals surface area contributed by atoms with E-state index in [1.807, 2.05) is 6.92 Å². The summed E-state index contributed by atoms with van der Waals surface area (Å²) in [7, 11) is 0. The van der Waals surface area contributed by atoms with Gasteiger partial charge in [0.05, 0.1) is 6.54 Å². The highest BCUT2D eigenvalue weighted by Gasteiger charge is 2.22. The Hall–Kier alpha value is -1.93. The van der Waals surface area contributed by atoms with Gasteiger partial charge in [-0.2, -0.15) is 4.98 Å². The summed E-state index contributed by atoms with van der Waals surface area (Å²) in [6, 6.07) is 0. The van der Waals surface area contributed by atoms with Crippen LogP contribution in [0.15, 0.2) is 10.9 Å². The Morgan fingerprint density at radius 3 is 2.71 bits per heavy atom. The Labute approximate surface area is 126 Å². The average molecular weight is 310 g/mol. The number of aromatic nitrogens is 4. The first-order valence-electron chi connectivity index (χ1n) is 6.66. The fourth-order valence-corrected chi connectivity index (χ4v) is 2.52. The van der Waals surface area contributed by atoms with Crippen LogP contribution in [0, 0.1) is 6.92 Å². The zero-order valence-corrected chi connectivity index (χ0v) is 12.4. The quantitative estimate of drug-likeness (QED) is 0.886. The van der Waals surface area contributed by atoms with E-state index in [4.69, 9.17) is 21.9 Å². The molecule has 0 bridgehead atoms. The molecule has 3 heterocycles. The Morgan fingerprint density at radius 1 is 1.29 bits per heavy atom. The van der Waals surface area contributed by atoms with E-state index >= 15 is 0 Å². The van der Waals surface area contributed by atoms with Gasteiger partial charge in [0.25, 0.3) is 0 Å². The number of rotatable bonds is 3. The van der Waals surface area contributed by atoms with Crippen LogP contribution in [-0.2, 0) is 6.54 Å². The Kier molecular flexibility index (Phi) is 3.89. The van der Waals surface area contributed by atoms with Crippen LogP contribution in [0.3, 0.4) is 0 Å². The number of nitrogens with zero attached hydrogens (tertiary/aromatic N) is 6. The summed E-state index contributed by atoms with van der Waals surface area (Å²) in [5.74, 6) is 2.31. The van der Waals surface area contributed by atoms with Crippen LogP contribution >= 0.6 is 11.6 Å². The summed E-state index contributed by atoms with van der Waals surface area (Å²) >= 11 is 6.16. The van der Waals surface area contributed by atoms with Gasteiger partial charge in [0.2, 0.25) is 5.89 Å². The first-order valence-corrected chi connectivity index (χ1v) is 7.04. The molecule has 1 fully saturated rings. The van der Waals surface area contributed by atoms with Gasteiger partial charge >= 0.3 is 0 Å². The van der Waals surface area contributed by atoms with Gasteiger partial charge in [0, 0.05) is 26.2 Å². The number of anilines is 2. The molecule has 2 aromatic heterocycles. The standard InChI is InChI=1S/C12H16ClN7O/c1-8-17-9(21-18-8)6-19-2-4-20(5-3-19)12-10(13)11(14)15-7-16-12/h7H,2-6H2,1H3,(H2,14,15,16). The molecular formula is C12H16ClN7O. The van der Waals surface area contributed by atoms with E-state index < -0.39 is 0 Å². The fraction of sp³-hybridized carbons (Fsp3) is 0.500. The third-order valence-corrected chi connectivity index (χ3v) is 3.76. The van der Waals surface area contributed by atoms with Crippen molar-refractivity contribution in [3.8, 4) is 0 Å². The van der Waals surface area contributed by atoms with Gasteiger partial charge in [-0.1, -0.05) is 16.8 Å². The molecule has 0 atom stereocenters. The number of aryl methyl sites for hydroxylation is 1. The van der Waals surface area contributed by atoms with Crippen molar-refractivity contribution >= 4 is 23.2 Å². The number of hydrogen-bond acceptors (Lipinski definition) is 8. The summed E-state index contributed by atoms with van der Waals surface area (Å²) in [5, 5.41) is 4.21. The van der Waals surface area contributed by atoms with Crippen molar-refractivity contribution in [1.82, 2.24) is 25.0 Å². The molecule has 8 nitrogen and oxygen atoms in total. The number of nitrogens with two attached hydrogens (primary N) is 1. The Bertz CT molecular complexity index is 624. The van der Waals surface area contributed by atoms with Crippen molar-refractivity contribution in [1.29, 1.82) is 0 Å². The third-order valence-electron chi connectivity index (χ3n) is 3.40. The summed E-state index contributed by atoms with van der Waals surface area (Å²) in [6.45, 7) is 5.82. The van der Waals surface area contributed by atoms with Crippen molar-refractivity contribution in [2.24, 2.45) is 0 Å². The minimum absolute atomic E-state index is 0.311. The van der Waals surface area contributed by atoms with E-state index in [0.29, 0.717) is 34.9 Å². The number of piperazine rings is 1. The zero-order chi connectivity index (χ0) is 14.8. The minimum atomic E-state index is 0.311. The first-order chi connectivity index (χ1) is 10.1. The van der Waals surface area contributed by atoms with Gasteiger partial charge < -0.3 is 15.2 Å². The highest BCUT2D eigenvalue weighted by molar-refractivity contribution is 6.35. The molecule has 0 aliphatic carbocycles. The van der Waals surface area contributed by atoms with Crippen LogP contribution in [0.5, 0.6) is 0 Å². The topological polar surface area (TPSA) is 97.2 Å². The second-order valence-electron chi connectivity index (χ2n) is 4.90. The SMILES string of the molecule is Cc1noc(CN2CCN(c3ncnc(N)c3Cl)CC2)n1. The van der Waals surface area contributed by atoms with E-state index in [-0.39, 0.29) is 0 Å². The van der Waals surface area contributed by atoms with Gasteiger partial charge in [-0.3, -0.25) is 4.90 Å². The Morgan fingerprint density at radius 2 is 2.05 bits per heavy atom. The number of nitrogen functional groups attached to an aromatic ring is 1. The van der Waals surface area contributed by atoms with Gasteiger partial charge in [-0.25, -0.2) is 9.97 Å². The molecule has 1 aliphatic heterocycles. The van der Waals surface area contributed by atoms with E-state index in [1.54, 1.807) is 0 Å². The van der Waals surface area contributed by atoms with Gasteiger partial charge in [-0.15, -0.1) is 0 Å². The van der Waals surface area contributed by atoms with E-state index in [0.717, 1.165) is 26.2 Å². The molecule has 112 valence electrons. The van der Waals surface area contributed by atoms with Crippen LogP contribution in [0.25, 0.3) is 0 Å². The molecule has 1 saturated heterocycles. The lowest BCUT2D eigenvalue weighted by Crippen LogP contribution is -2.46. The molecule has 1 aliphatic rings. The molecule has 9 heteroatoms. The molecule has 0 aromatic carbocycles. The first kappa shape index (κ1) is 14.0. The summed E-state index contributed by atoms with van der Waals surface area (Å²) in [4.78, 5) is 16.7. The van der Waals surface area contributed by atoms with Crippen molar-refractivity contribution in [3.63, 3.8) is 0 Å². The number of halogens is 1. The van der Waals surface area contributed by atoms with E-state index in [2.05, 4.69) is 29.9 Å². The van der Waals surface area contributed by atoms with Crippen molar-refractivity contribution in [2.45, 2.75) is 13.5 Å². The maximum atomic E-state index is 6.16. The van der Waals surface area contributed by atoms with Crippen molar-refractivity contribution in [3.05, 3.63) is 23.1 Å². The van der Waals surface area contributed by atoms with E-state index in [9.17, 15) is 0 Å². The maximum absolute atomic E-state index is 6.16. The van der Waals surface area contributed by atoms with E-state index in [1.165, 1.54) is 6.33 Å². The minimum Gasteiger partial charge on any atom is -0.382 e. The summed E-state index contributed by atoms with van der Waals surface area (Å²) in [6.07, 6.45) is 1.43. The molecule has 0 spiro atoms. The van der Waals surface area contributed by atoms with Gasteiger partial charge in [-0.05, 0) is 6.92 Å². The van der Waals surface area contributed by atoms with Crippen molar-refractivity contribution < 1.29 is 4.52 Å². The fourth-order valence-electron chi connectivity index (χ4n) is 2.31. The van der Waals surface area contributed by atoms with Gasteiger partial charge in [0.1, 0.15) is 17.2 Å². The Balaban J connectivity index is 1.61. The van der Waals surface area contributed by atoms with Crippen LogP contribution in [0.4, 0.5) is 11.6 Å². The average Bonchev–Trinajstić information content (AvgIpc) is 2.88. The molecule has 3 rings (SSSR count). The lowest BCUT2D eigenvalue weighted by Gasteiger charge is -2.34. The highest BCUT2D eigenvalue weighted by Crippen LogP contribution is 2.27. The monoisotopic (exact) mass is 309 g/mol. The zero-order valence-electron chi connectivity index (χ0n) is 11.7. The summed E-state index contributed by atoms with van der Waals surface area (Å²) in [5.41, 5.74) is 5.71. The van der Waals surface area contributed by atoms with Crippen molar-refractivity contribution in [2.75, 3.05) is 36.8 Å². The normalized spacial score (nSPS) is 16.4. The lowest BCUT2D eigenvalue weighted by molar-refractivity contribution is 0.215. The number of hydrogen-bond donors (Lipinski definition) is 1. The smallest absolute Gasteiger partial charge is 0.240 e. The molecule has 21 heavy (non-hydrogen) atoms. The predicted molar refractivity (Wildman–Crippen MR) is 78.0 cm³/mol. The van der Waals surface area contributed by atoms with Crippen LogP contribution in [0.1, 0.15) is 11.7 Å². The molecule has 2 N–H and O–H groups in total. The highest BCUT2D eigenvalue weighted by atomic mass is 35.5. The van der Waals surface area contributed by atoms with Crippen LogP contribution in [0.2, 0.25) is 5.02 Å². The third kappa shape index (κ3) is 3.06. The second-order valence-corrected chi connectivity index (χ2v) is 5.27. The molecule has 0 saturated carbocycles. The summed E-state index contributed by atoms with van der Waals surface area (Å²) < 4.78 is 5.14. The molecule has 0 unspecified atom stereocenters. The molecule has 0 radical (unpaired) electrons. The maximum Gasteiger partial charge on any atom is 0.240 e. The molecule has 2 aromatic rings. The lowest BCUT2D eigenvalue weighted by atomic mass is 10.3. The second kappa shape index (κ2) is 5.82. The molecule has 0 amide bonds. The predicted octanol–water partition coefficient (Wildman–Crippen LogP) is 0.726.